The second-order valence-electron chi connectivity index (χ2n) is 5.26. The fourth-order valence-corrected chi connectivity index (χ4v) is 3.15. The Morgan fingerprint density at radius 1 is 1.25 bits per heavy atom. The molecule has 88 valence electrons. The van der Waals surface area contributed by atoms with E-state index in [0.29, 0.717) is 5.38 Å². The second-order valence-corrected chi connectivity index (χ2v) is 5.88. The van der Waals surface area contributed by atoms with Gasteiger partial charge in [-0.2, -0.15) is 0 Å². The van der Waals surface area contributed by atoms with E-state index < -0.39 is 0 Å². The minimum absolute atomic E-state index is 0.420. The van der Waals surface area contributed by atoms with E-state index >= 15 is 0 Å². The number of benzene rings is 1. The highest BCUT2D eigenvalue weighted by molar-refractivity contribution is 6.20. The summed E-state index contributed by atoms with van der Waals surface area (Å²) in [4.78, 5) is 0. The Balaban J connectivity index is 2.05. The van der Waals surface area contributed by atoms with Crippen molar-refractivity contribution in [1.82, 2.24) is 0 Å². The number of rotatable bonds is 2. The van der Waals surface area contributed by atoms with Gasteiger partial charge in [0.2, 0.25) is 0 Å². The molecule has 1 aromatic rings. The standard InChI is InChI=1S/C15H21Cl/c1-11-6-7-12(2)14(8-11)9-13-4-3-5-15(16)10-13/h6-8,13,15H,3-5,9-10H2,1-2H3. The maximum atomic E-state index is 6.25. The Morgan fingerprint density at radius 2 is 2.06 bits per heavy atom. The Labute approximate surface area is 104 Å². The van der Waals surface area contributed by atoms with Crippen molar-refractivity contribution >= 4 is 11.6 Å². The topological polar surface area (TPSA) is 0 Å². The average molecular weight is 237 g/mol. The van der Waals surface area contributed by atoms with Gasteiger partial charge in [-0.25, -0.2) is 0 Å². The van der Waals surface area contributed by atoms with Gasteiger partial charge in [0, 0.05) is 5.38 Å². The highest BCUT2D eigenvalue weighted by atomic mass is 35.5. The molecule has 2 unspecified atom stereocenters. The summed E-state index contributed by atoms with van der Waals surface area (Å²) >= 11 is 6.25. The molecule has 1 fully saturated rings. The summed E-state index contributed by atoms with van der Waals surface area (Å²) in [5.74, 6) is 0.803. The Bertz CT molecular complexity index is 356. The molecule has 0 aliphatic heterocycles. The molecule has 0 aromatic heterocycles. The fourth-order valence-electron chi connectivity index (χ4n) is 2.74. The predicted molar refractivity (Wildman–Crippen MR) is 71.2 cm³/mol. The van der Waals surface area contributed by atoms with Crippen LogP contribution in [0.15, 0.2) is 18.2 Å². The zero-order valence-corrected chi connectivity index (χ0v) is 11.1. The molecule has 2 atom stereocenters. The monoisotopic (exact) mass is 236 g/mol. The molecule has 0 heterocycles. The number of hydrogen-bond donors (Lipinski definition) is 0. The molecule has 1 aliphatic carbocycles. The highest BCUT2D eigenvalue weighted by Crippen LogP contribution is 2.31. The largest absolute Gasteiger partial charge is 0.123 e. The van der Waals surface area contributed by atoms with Crippen molar-refractivity contribution in [3.05, 3.63) is 34.9 Å². The first-order valence-electron chi connectivity index (χ1n) is 6.35. The molecule has 1 aromatic carbocycles. The van der Waals surface area contributed by atoms with Crippen LogP contribution in [0.1, 0.15) is 42.4 Å². The number of hydrogen-bond acceptors (Lipinski definition) is 0. The molecule has 0 saturated heterocycles. The summed E-state index contributed by atoms with van der Waals surface area (Å²) in [5.41, 5.74) is 4.33. The van der Waals surface area contributed by atoms with E-state index in [1.807, 2.05) is 0 Å². The lowest BCUT2D eigenvalue weighted by atomic mass is 9.83. The van der Waals surface area contributed by atoms with E-state index in [1.165, 1.54) is 48.8 Å². The molecule has 2 rings (SSSR count). The fraction of sp³-hybridized carbons (Fsp3) is 0.600. The zero-order valence-electron chi connectivity index (χ0n) is 10.3. The van der Waals surface area contributed by atoms with E-state index in [0.717, 1.165) is 5.92 Å². The van der Waals surface area contributed by atoms with Crippen LogP contribution in [-0.4, -0.2) is 5.38 Å². The Hall–Kier alpha value is -0.490. The normalized spacial score (nSPS) is 25.7. The minimum Gasteiger partial charge on any atom is -0.123 e. The third kappa shape index (κ3) is 3.01. The third-order valence-electron chi connectivity index (χ3n) is 3.73. The van der Waals surface area contributed by atoms with E-state index in [9.17, 15) is 0 Å². The van der Waals surface area contributed by atoms with Crippen LogP contribution in [0, 0.1) is 19.8 Å². The number of alkyl halides is 1. The zero-order chi connectivity index (χ0) is 11.5. The van der Waals surface area contributed by atoms with Gasteiger partial charge >= 0.3 is 0 Å². The van der Waals surface area contributed by atoms with Crippen LogP contribution in [0.5, 0.6) is 0 Å². The van der Waals surface area contributed by atoms with E-state index in [1.54, 1.807) is 0 Å². The Kier molecular flexibility index (Phi) is 3.91. The summed E-state index contributed by atoms with van der Waals surface area (Å²) in [6.07, 6.45) is 6.30. The van der Waals surface area contributed by atoms with Crippen molar-refractivity contribution < 1.29 is 0 Å². The van der Waals surface area contributed by atoms with Crippen LogP contribution in [-0.2, 0) is 6.42 Å². The first kappa shape index (κ1) is 12.0. The SMILES string of the molecule is Cc1ccc(C)c(CC2CCCC(Cl)C2)c1. The molecular weight excluding hydrogens is 216 g/mol. The molecule has 0 spiro atoms. The van der Waals surface area contributed by atoms with Crippen LogP contribution < -0.4 is 0 Å². The summed E-state index contributed by atoms with van der Waals surface area (Å²) in [5, 5.41) is 0.420. The second kappa shape index (κ2) is 5.23. The van der Waals surface area contributed by atoms with Gasteiger partial charge in [0.25, 0.3) is 0 Å². The Morgan fingerprint density at radius 3 is 2.81 bits per heavy atom. The van der Waals surface area contributed by atoms with Crippen LogP contribution in [0.3, 0.4) is 0 Å². The smallest absolute Gasteiger partial charge is 0.0338 e. The van der Waals surface area contributed by atoms with Crippen molar-refractivity contribution in [2.24, 2.45) is 5.92 Å². The minimum atomic E-state index is 0.420. The third-order valence-corrected chi connectivity index (χ3v) is 4.13. The molecule has 0 bridgehead atoms. The van der Waals surface area contributed by atoms with E-state index in [4.69, 9.17) is 11.6 Å². The van der Waals surface area contributed by atoms with E-state index in [-0.39, 0.29) is 0 Å². The summed E-state index contributed by atoms with van der Waals surface area (Å²) in [7, 11) is 0. The lowest BCUT2D eigenvalue weighted by Gasteiger charge is -2.26. The van der Waals surface area contributed by atoms with Crippen molar-refractivity contribution in [2.75, 3.05) is 0 Å². The lowest BCUT2D eigenvalue weighted by Crippen LogP contribution is -2.17. The highest BCUT2D eigenvalue weighted by Gasteiger charge is 2.20. The van der Waals surface area contributed by atoms with Crippen LogP contribution in [0.2, 0.25) is 0 Å². The van der Waals surface area contributed by atoms with Crippen LogP contribution in [0.4, 0.5) is 0 Å². The maximum Gasteiger partial charge on any atom is 0.0338 e. The summed E-state index contributed by atoms with van der Waals surface area (Å²) < 4.78 is 0. The van der Waals surface area contributed by atoms with Gasteiger partial charge in [-0.05, 0) is 50.2 Å². The van der Waals surface area contributed by atoms with Gasteiger partial charge in [-0.1, -0.05) is 36.6 Å². The van der Waals surface area contributed by atoms with Gasteiger partial charge in [0.05, 0.1) is 0 Å². The molecule has 0 N–H and O–H groups in total. The molecule has 0 nitrogen and oxygen atoms in total. The molecule has 0 radical (unpaired) electrons. The van der Waals surface area contributed by atoms with E-state index in [2.05, 4.69) is 32.0 Å². The summed E-state index contributed by atoms with van der Waals surface area (Å²) in [6, 6.07) is 6.78. The molecule has 1 heteroatoms. The lowest BCUT2D eigenvalue weighted by molar-refractivity contribution is 0.361. The van der Waals surface area contributed by atoms with Crippen molar-refractivity contribution in [1.29, 1.82) is 0 Å². The first-order chi connectivity index (χ1) is 7.65. The van der Waals surface area contributed by atoms with Gasteiger partial charge in [-0.15, -0.1) is 11.6 Å². The average Bonchev–Trinajstić information content (AvgIpc) is 2.24. The molecule has 16 heavy (non-hydrogen) atoms. The van der Waals surface area contributed by atoms with Gasteiger partial charge in [0.1, 0.15) is 0 Å². The predicted octanol–water partition coefficient (Wildman–Crippen LogP) is 4.64. The van der Waals surface area contributed by atoms with Crippen LogP contribution >= 0.6 is 11.6 Å². The van der Waals surface area contributed by atoms with Crippen molar-refractivity contribution in [3.63, 3.8) is 0 Å². The first-order valence-corrected chi connectivity index (χ1v) is 6.79. The van der Waals surface area contributed by atoms with Gasteiger partial charge < -0.3 is 0 Å². The van der Waals surface area contributed by atoms with Crippen molar-refractivity contribution in [3.8, 4) is 0 Å². The number of aryl methyl sites for hydroxylation is 2. The number of halogens is 1. The maximum absolute atomic E-state index is 6.25. The molecule has 1 saturated carbocycles. The molecule has 1 aliphatic rings. The van der Waals surface area contributed by atoms with Gasteiger partial charge in [0.15, 0.2) is 0 Å². The molecule has 0 amide bonds. The van der Waals surface area contributed by atoms with Gasteiger partial charge in [-0.3, -0.25) is 0 Å². The van der Waals surface area contributed by atoms with Crippen molar-refractivity contribution in [2.45, 2.75) is 51.3 Å². The quantitative estimate of drug-likeness (QED) is 0.656. The molecular formula is C15H21Cl. The van der Waals surface area contributed by atoms with Crippen LogP contribution in [0.25, 0.3) is 0 Å². The summed E-state index contributed by atoms with van der Waals surface area (Å²) in [6.45, 7) is 4.39.